The van der Waals surface area contributed by atoms with Crippen LogP contribution in [0.1, 0.15) is 374 Å². The molecule has 1 unspecified atom stereocenters. The zero-order chi connectivity index (χ0) is 53.6. The van der Waals surface area contributed by atoms with Crippen LogP contribution in [-0.4, -0.2) is 37.2 Å². The second kappa shape index (κ2) is 63.4. The van der Waals surface area contributed by atoms with Gasteiger partial charge in [-0.25, -0.2) is 0 Å². The maximum Gasteiger partial charge on any atom is 0.306 e. The standard InChI is InChI=1S/C68H128O6/c1-4-7-10-13-16-19-22-25-27-28-29-30-31-32-33-34-35-36-37-38-39-40-41-42-44-46-49-52-55-58-61-67(70)73-64-65(63-72-66(69)60-57-54-51-48-45-24-21-18-15-12-9-6-3)74-68(71)62-59-56-53-50-47-43-26-23-20-17-14-11-8-5-2/h14,17,23,26,65H,4-13,15-16,18-22,24-25,27-64H2,1-3H3/b17-14-,26-23-. The summed E-state index contributed by atoms with van der Waals surface area (Å²) in [5.41, 5.74) is 0. The molecular weight excluding hydrogens is 913 g/mol. The van der Waals surface area contributed by atoms with Crippen molar-refractivity contribution < 1.29 is 28.6 Å². The number of ether oxygens (including phenoxy) is 3. The van der Waals surface area contributed by atoms with Crippen LogP contribution in [0.15, 0.2) is 24.3 Å². The molecule has 0 saturated heterocycles. The molecule has 0 aromatic carbocycles. The Hall–Kier alpha value is -2.11. The second-order valence-corrected chi connectivity index (χ2v) is 22.7. The van der Waals surface area contributed by atoms with Crippen molar-refractivity contribution in [3.8, 4) is 0 Å². The van der Waals surface area contributed by atoms with Crippen molar-refractivity contribution in [2.75, 3.05) is 13.2 Å². The fourth-order valence-corrected chi connectivity index (χ4v) is 10.2. The summed E-state index contributed by atoms with van der Waals surface area (Å²) in [5.74, 6) is -0.861. The Morgan fingerprint density at radius 1 is 0.270 bits per heavy atom. The predicted octanol–water partition coefficient (Wildman–Crippen LogP) is 22.6. The van der Waals surface area contributed by atoms with E-state index in [2.05, 4.69) is 45.1 Å². The van der Waals surface area contributed by atoms with Gasteiger partial charge in [-0.05, 0) is 44.9 Å². The van der Waals surface area contributed by atoms with Crippen molar-refractivity contribution in [2.24, 2.45) is 0 Å². The molecule has 0 aliphatic carbocycles. The molecule has 74 heavy (non-hydrogen) atoms. The van der Waals surface area contributed by atoms with Gasteiger partial charge in [0.15, 0.2) is 6.10 Å². The molecule has 0 heterocycles. The van der Waals surface area contributed by atoms with Gasteiger partial charge in [0.25, 0.3) is 0 Å². The Labute approximate surface area is 462 Å². The van der Waals surface area contributed by atoms with E-state index in [9.17, 15) is 14.4 Å². The molecule has 436 valence electrons. The molecule has 0 aliphatic rings. The highest BCUT2D eigenvalue weighted by Crippen LogP contribution is 2.18. The third kappa shape index (κ3) is 60.8. The monoisotopic (exact) mass is 1040 g/mol. The minimum atomic E-state index is -0.774. The van der Waals surface area contributed by atoms with Crippen LogP contribution in [0.5, 0.6) is 0 Å². The lowest BCUT2D eigenvalue weighted by atomic mass is 10.0. The SMILES string of the molecule is CCCC/C=C\C/C=C\CCCCCCCC(=O)OC(COC(=O)CCCCCCCCCCCCCC)COC(=O)CCCCCCCCCCCCCCCCCCCCCCCCCCCCCCCC. The van der Waals surface area contributed by atoms with E-state index in [-0.39, 0.29) is 31.1 Å². The first-order valence-corrected chi connectivity index (χ1v) is 33.3. The summed E-state index contributed by atoms with van der Waals surface area (Å²) < 4.78 is 16.9. The third-order valence-corrected chi connectivity index (χ3v) is 15.2. The van der Waals surface area contributed by atoms with Crippen LogP contribution in [0.3, 0.4) is 0 Å². The smallest absolute Gasteiger partial charge is 0.306 e. The van der Waals surface area contributed by atoms with Crippen LogP contribution in [0.2, 0.25) is 0 Å². The first-order valence-electron chi connectivity index (χ1n) is 33.3. The molecule has 0 aromatic heterocycles. The lowest BCUT2D eigenvalue weighted by Crippen LogP contribution is -2.30. The molecule has 0 rings (SSSR count). The minimum absolute atomic E-state index is 0.0713. The van der Waals surface area contributed by atoms with Crippen LogP contribution in [0.25, 0.3) is 0 Å². The number of unbranched alkanes of at least 4 members (excludes halogenated alkanes) is 47. The number of hydrogen-bond acceptors (Lipinski definition) is 6. The summed E-state index contributed by atoms with van der Waals surface area (Å²) in [5, 5.41) is 0. The number of hydrogen-bond donors (Lipinski definition) is 0. The topological polar surface area (TPSA) is 78.9 Å². The van der Waals surface area contributed by atoms with Gasteiger partial charge in [-0.15, -0.1) is 0 Å². The molecule has 0 N–H and O–H groups in total. The molecule has 0 aromatic rings. The van der Waals surface area contributed by atoms with Gasteiger partial charge < -0.3 is 14.2 Å². The van der Waals surface area contributed by atoms with Crippen LogP contribution in [0, 0.1) is 0 Å². The molecule has 0 bridgehead atoms. The van der Waals surface area contributed by atoms with Crippen molar-refractivity contribution in [3.05, 3.63) is 24.3 Å². The maximum absolute atomic E-state index is 12.9. The number of allylic oxidation sites excluding steroid dienone is 4. The number of rotatable bonds is 62. The Bertz CT molecular complexity index is 1190. The van der Waals surface area contributed by atoms with Gasteiger partial charge >= 0.3 is 17.9 Å². The van der Waals surface area contributed by atoms with Gasteiger partial charge in [-0.2, -0.15) is 0 Å². The van der Waals surface area contributed by atoms with Crippen molar-refractivity contribution in [1.29, 1.82) is 0 Å². The summed E-state index contributed by atoms with van der Waals surface area (Å²) in [6.07, 6.45) is 76.4. The normalized spacial score (nSPS) is 12.1. The fourth-order valence-electron chi connectivity index (χ4n) is 10.2. The highest BCUT2D eigenvalue weighted by atomic mass is 16.6. The lowest BCUT2D eigenvalue weighted by molar-refractivity contribution is -0.167. The van der Waals surface area contributed by atoms with E-state index >= 15 is 0 Å². The van der Waals surface area contributed by atoms with Crippen LogP contribution in [-0.2, 0) is 28.6 Å². The Morgan fingerprint density at radius 2 is 0.500 bits per heavy atom. The highest BCUT2D eigenvalue weighted by molar-refractivity contribution is 5.71. The highest BCUT2D eigenvalue weighted by Gasteiger charge is 2.19. The summed E-state index contributed by atoms with van der Waals surface area (Å²) in [4.78, 5) is 38.2. The molecule has 0 saturated carbocycles. The Morgan fingerprint density at radius 3 is 0.784 bits per heavy atom. The van der Waals surface area contributed by atoms with Gasteiger partial charge in [0, 0.05) is 19.3 Å². The van der Waals surface area contributed by atoms with E-state index < -0.39 is 6.10 Å². The van der Waals surface area contributed by atoms with E-state index in [0.29, 0.717) is 19.3 Å². The van der Waals surface area contributed by atoms with Gasteiger partial charge in [-0.3, -0.25) is 14.4 Å². The summed E-state index contributed by atoms with van der Waals surface area (Å²) in [7, 11) is 0. The number of carbonyl (C=O) groups is 3. The fraction of sp³-hybridized carbons (Fsp3) is 0.897. The zero-order valence-electron chi connectivity index (χ0n) is 50.1. The molecule has 1 atom stereocenters. The van der Waals surface area contributed by atoms with Gasteiger partial charge in [0.05, 0.1) is 0 Å². The zero-order valence-corrected chi connectivity index (χ0v) is 50.1. The molecule has 6 nitrogen and oxygen atoms in total. The lowest BCUT2D eigenvalue weighted by Gasteiger charge is -2.18. The second-order valence-electron chi connectivity index (χ2n) is 22.7. The van der Waals surface area contributed by atoms with Gasteiger partial charge in [0.1, 0.15) is 13.2 Å². The molecule has 6 heteroatoms. The minimum Gasteiger partial charge on any atom is -0.462 e. The van der Waals surface area contributed by atoms with Crippen molar-refractivity contribution in [3.63, 3.8) is 0 Å². The summed E-state index contributed by atoms with van der Waals surface area (Å²) in [6, 6.07) is 0. The predicted molar refractivity (Wildman–Crippen MR) is 321 cm³/mol. The largest absolute Gasteiger partial charge is 0.462 e. The molecule has 0 aliphatic heterocycles. The average molecular weight is 1040 g/mol. The van der Waals surface area contributed by atoms with Crippen molar-refractivity contribution >= 4 is 17.9 Å². The van der Waals surface area contributed by atoms with E-state index in [1.54, 1.807) is 0 Å². The van der Waals surface area contributed by atoms with Crippen LogP contribution in [0.4, 0.5) is 0 Å². The molecule has 0 amide bonds. The molecule has 0 radical (unpaired) electrons. The Balaban J connectivity index is 4.08. The van der Waals surface area contributed by atoms with Crippen molar-refractivity contribution in [1.82, 2.24) is 0 Å². The maximum atomic E-state index is 12.9. The third-order valence-electron chi connectivity index (χ3n) is 15.2. The van der Waals surface area contributed by atoms with Crippen molar-refractivity contribution in [2.45, 2.75) is 380 Å². The molecule has 0 spiro atoms. The summed E-state index contributed by atoms with van der Waals surface area (Å²) in [6.45, 7) is 6.65. The van der Waals surface area contributed by atoms with E-state index in [1.807, 2.05) is 0 Å². The van der Waals surface area contributed by atoms with Crippen LogP contribution < -0.4 is 0 Å². The first-order chi connectivity index (χ1) is 36.5. The first kappa shape index (κ1) is 71.9. The van der Waals surface area contributed by atoms with Crippen LogP contribution >= 0.6 is 0 Å². The average Bonchev–Trinajstić information content (AvgIpc) is 3.40. The van der Waals surface area contributed by atoms with E-state index in [1.165, 1.54) is 250 Å². The van der Waals surface area contributed by atoms with Gasteiger partial charge in [-0.1, -0.05) is 334 Å². The van der Waals surface area contributed by atoms with E-state index in [4.69, 9.17) is 14.2 Å². The Kier molecular flexibility index (Phi) is 61.6. The van der Waals surface area contributed by atoms with Gasteiger partial charge in [0.2, 0.25) is 0 Å². The van der Waals surface area contributed by atoms with E-state index in [0.717, 1.165) is 83.5 Å². The quantitative estimate of drug-likeness (QED) is 0.0261. The number of carbonyl (C=O) groups excluding carboxylic acids is 3. The molecule has 0 fully saturated rings. The summed E-state index contributed by atoms with van der Waals surface area (Å²) >= 11 is 0. The molecular formula is C68H128O6. The number of esters is 3.